The standard InChI is InChI=1S/C20H38O2.C20H34O2.C18H36O2/c2*1-3-5-6-7-8-9-10-11-12-13-14-15-16-17-18-19-20(21)22-4-2;1-3-5-6-7-8-9-10-11-12-13-14-15-16-17-18(19)20-4-2/h11-12H,3-10,13-19H2,1-2H3;5-6,8-9,11-12H,3-4,7,10,13-19H2,1-2H3;3-17H2,1-2H3/b12-11-;6-5-,9-8-,12-11-;. The van der Waals surface area contributed by atoms with Gasteiger partial charge < -0.3 is 14.2 Å². The third-order valence-electron chi connectivity index (χ3n) is 11.1. The quantitative estimate of drug-likeness (QED) is 0.0262. The summed E-state index contributed by atoms with van der Waals surface area (Å²) in [6.07, 6.45) is 64.2. The van der Waals surface area contributed by atoms with E-state index in [2.05, 4.69) is 69.4 Å². The molecule has 0 aliphatic rings. The molecule has 0 rings (SSSR count). The van der Waals surface area contributed by atoms with Gasteiger partial charge in [0.2, 0.25) is 0 Å². The molecular formula is C58H108O6. The largest absolute Gasteiger partial charge is 0.466 e. The predicted octanol–water partition coefficient (Wildman–Crippen LogP) is 18.8. The summed E-state index contributed by atoms with van der Waals surface area (Å²) in [6.45, 7) is 13.8. The van der Waals surface area contributed by atoms with Crippen LogP contribution < -0.4 is 0 Å². The molecule has 0 N–H and O–H groups in total. The molecule has 6 nitrogen and oxygen atoms in total. The first-order valence-electron chi connectivity index (χ1n) is 27.5. The number of rotatable bonds is 45. The zero-order chi connectivity index (χ0) is 47.5. The van der Waals surface area contributed by atoms with E-state index in [4.69, 9.17) is 14.2 Å². The second-order valence-corrected chi connectivity index (χ2v) is 17.3. The first kappa shape index (κ1) is 65.6. The van der Waals surface area contributed by atoms with Gasteiger partial charge in [-0.15, -0.1) is 0 Å². The number of hydrogen-bond acceptors (Lipinski definition) is 6. The molecular weight excluding hydrogens is 793 g/mol. The van der Waals surface area contributed by atoms with Crippen molar-refractivity contribution >= 4 is 17.9 Å². The maximum atomic E-state index is 11.1. The Morgan fingerprint density at radius 3 is 0.797 bits per heavy atom. The summed E-state index contributed by atoms with van der Waals surface area (Å²) in [7, 11) is 0. The lowest BCUT2D eigenvalue weighted by Gasteiger charge is -2.03. The van der Waals surface area contributed by atoms with E-state index in [-0.39, 0.29) is 17.9 Å². The molecule has 64 heavy (non-hydrogen) atoms. The molecule has 0 fully saturated rings. The fourth-order valence-corrected chi connectivity index (χ4v) is 7.22. The van der Waals surface area contributed by atoms with Gasteiger partial charge in [0.1, 0.15) is 0 Å². The Morgan fingerprint density at radius 1 is 0.281 bits per heavy atom. The number of carbonyl (C=O) groups excluding carboxylic acids is 3. The predicted molar refractivity (Wildman–Crippen MR) is 279 cm³/mol. The number of hydrogen-bond donors (Lipinski definition) is 0. The summed E-state index contributed by atoms with van der Waals surface area (Å²) >= 11 is 0. The van der Waals surface area contributed by atoms with Crippen molar-refractivity contribution in [3.63, 3.8) is 0 Å². The van der Waals surface area contributed by atoms with Crippen LogP contribution in [0.4, 0.5) is 0 Å². The summed E-state index contributed by atoms with van der Waals surface area (Å²) in [4.78, 5) is 33.4. The van der Waals surface area contributed by atoms with Gasteiger partial charge >= 0.3 is 17.9 Å². The van der Waals surface area contributed by atoms with Crippen molar-refractivity contribution in [3.8, 4) is 0 Å². The minimum atomic E-state index is -0.0522. The van der Waals surface area contributed by atoms with Crippen LogP contribution in [0.1, 0.15) is 286 Å². The summed E-state index contributed by atoms with van der Waals surface area (Å²) in [5.74, 6) is -0.126. The molecule has 0 unspecified atom stereocenters. The van der Waals surface area contributed by atoms with Crippen LogP contribution in [0.5, 0.6) is 0 Å². The van der Waals surface area contributed by atoms with Gasteiger partial charge in [-0.2, -0.15) is 0 Å². The van der Waals surface area contributed by atoms with Gasteiger partial charge in [-0.25, -0.2) is 0 Å². The molecule has 0 aromatic rings. The van der Waals surface area contributed by atoms with Crippen molar-refractivity contribution in [1.82, 2.24) is 0 Å². The van der Waals surface area contributed by atoms with Crippen LogP contribution >= 0.6 is 0 Å². The molecule has 0 amide bonds. The average Bonchev–Trinajstić information content (AvgIpc) is 3.28. The highest BCUT2D eigenvalue weighted by Crippen LogP contribution is 2.14. The highest BCUT2D eigenvalue weighted by atomic mass is 16.5. The van der Waals surface area contributed by atoms with Gasteiger partial charge in [0, 0.05) is 19.3 Å². The van der Waals surface area contributed by atoms with Crippen molar-refractivity contribution in [2.45, 2.75) is 286 Å². The topological polar surface area (TPSA) is 78.9 Å². The van der Waals surface area contributed by atoms with Crippen molar-refractivity contribution in [2.24, 2.45) is 0 Å². The van der Waals surface area contributed by atoms with Crippen molar-refractivity contribution in [1.29, 1.82) is 0 Å². The smallest absolute Gasteiger partial charge is 0.305 e. The minimum Gasteiger partial charge on any atom is -0.466 e. The average molecular weight is 901 g/mol. The number of carbonyl (C=O) groups is 3. The van der Waals surface area contributed by atoms with Gasteiger partial charge in [0.05, 0.1) is 19.8 Å². The molecule has 0 bridgehead atoms. The Balaban J connectivity index is -0.000000873. The van der Waals surface area contributed by atoms with Crippen LogP contribution in [0, 0.1) is 0 Å². The Labute approximate surface area is 399 Å². The Kier molecular flexibility index (Phi) is 64.1. The Bertz CT molecular complexity index is 1040. The molecule has 0 aliphatic carbocycles. The highest BCUT2D eigenvalue weighted by molar-refractivity contribution is 5.69. The molecule has 0 aliphatic heterocycles. The van der Waals surface area contributed by atoms with E-state index < -0.39 is 0 Å². The summed E-state index contributed by atoms with van der Waals surface area (Å²) in [6, 6.07) is 0. The second kappa shape index (κ2) is 62.5. The van der Waals surface area contributed by atoms with E-state index in [1.807, 2.05) is 20.8 Å². The monoisotopic (exact) mass is 901 g/mol. The molecule has 0 spiro atoms. The maximum absolute atomic E-state index is 11.1. The molecule has 0 radical (unpaired) electrons. The number of ether oxygens (including phenoxy) is 3. The van der Waals surface area contributed by atoms with E-state index >= 15 is 0 Å². The zero-order valence-corrected chi connectivity index (χ0v) is 43.6. The van der Waals surface area contributed by atoms with Crippen LogP contribution in [-0.4, -0.2) is 37.7 Å². The first-order valence-corrected chi connectivity index (χ1v) is 27.5. The van der Waals surface area contributed by atoms with Crippen LogP contribution in [0.25, 0.3) is 0 Å². The molecule has 6 heteroatoms. The lowest BCUT2D eigenvalue weighted by atomic mass is 10.0. The van der Waals surface area contributed by atoms with Crippen molar-refractivity contribution < 1.29 is 28.6 Å². The number of allylic oxidation sites excluding steroid dienone is 8. The van der Waals surface area contributed by atoms with E-state index in [0.29, 0.717) is 39.1 Å². The zero-order valence-electron chi connectivity index (χ0n) is 43.6. The van der Waals surface area contributed by atoms with E-state index in [1.165, 1.54) is 173 Å². The molecule has 0 aromatic carbocycles. The fraction of sp³-hybridized carbons (Fsp3) is 0.810. The summed E-state index contributed by atoms with van der Waals surface area (Å²) in [5, 5.41) is 0. The summed E-state index contributed by atoms with van der Waals surface area (Å²) in [5.41, 5.74) is 0. The van der Waals surface area contributed by atoms with Gasteiger partial charge in [0.15, 0.2) is 0 Å². The summed E-state index contributed by atoms with van der Waals surface area (Å²) < 4.78 is 14.7. The van der Waals surface area contributed by atoms with Gasteiger partial charge in [0.25, 0.3) is 0 Å². The Hall–Kier alpha value is -2.63. The normalized spacial score (nSPS) is 11.3. The van der Waals surface area contributed by atoms with Crippen molar-refractivity contribution in [2.75, 3.05) is 19.8 Å². The lowest BCUT2D eigenvalue weighted by molar-refractivity contribution is -0.144. The molecule has 0 atom stereocenters. The van der Waals surface area contributed by atoms with E-state index in [9.17, 15) is 14.4 Å². The Morgan fingerprint density at radius 2 is 0.516 bits per heavy atom. The fourth-order valence-electron chi connectivity index (χ4n) is 7.22. The van der Waals surface area contributed by atoms with Crippen molar-refractivity contribution in [3.05, 3.63) is 48.6 Å². The molecule has 376 valence electrons. The van der Waals surface area contributed by atoms with Crippen LogP contribution in [-0.2, 0) is 28.6 Å². The third kappa shape index (κ3) is 66.0. The lowest BCUT2D eigenvalue weighted by Crippen LogP contribution is -2.03. The number of unbranched alkanes of at least 4 members (excludes halogenated alkanes) is 28. The van der Waals surface area contributed by atoms with Crippen LogP contribution in [0.15, 0.2) is 48.6 Å². The molecule has 0 saturated carbocycles. The molecule has 0 heterocycles. The third-order valence-corrected chi connectivity index (χ3v) is 11.1. The SMILES string of the molecule is CC/C=C\C/C=C\C/C=C\CCCCCCCC(=O)OCC.CCCCCCCC/C=C\CCCCCCCC(=O)OCC.CCCCCCCCCCCCCCCC(=O)OCC. The molecule has 0 saturated heterocycles. The minimum absolute atomic E-state index is 0.0319. The van der Waals surface area contributed by atoms with E-state index in [1.54, 1.807) is 0 Å². The van der Waals surface area contributed by atoms with Crippen LogP contribution in [0.2, 0.25) is 0 Å². The van der Waals surface area contributed by atoms with Gasteiger partial charge in [-0.3, -0.25) is 14.4 Å². The second-order valence-electron chi connectivity index (χ2n) is 17.3. The molecule has 0 aromatic heterocycles. The van der Waals surface area contributed by atoms with Gasteiger partial charge in [-0.1, -0.05) is 217 Å². The van der Waals surface area contributed by atoms with Gasteiger partial charge in [-0.05, 0) is 97.8 Å². The first-order chi connectivity index (χ1) is 31.4. The van der Waals surface area contributed by atoms with Crippen LogP contribution in [0.3, 0.4) is 0 Å². The maximum Gasteiger partial charge on any atom is 0.305 e. The highest BCUT2D eigenvalue weighted by Gasteiger charge is 2.02. The number of esters is 3. The van der Waals surface area contributed by atoms with E-state index in [0.717, 1.165) is 51.4 Å².